The number of hydrogen-bond acceptors (Lipinski definition) is 9. The molecule has 0 amide bonds. The molecule has 0 aromatic heterocycles. The first-order chi connectivity index (χ1) is 13.9. The average molecular weight is 529 g/mol. The highest BCUT2D eigenvalue weighted by Crippen LogP contribution is 2.09. The van der Waals surface area contributed by atoms with E-state index in [1.165, 1.54) is 4.90 Å². The molecule has 2 unspecified atom stereocenters. The maximum atomic E-state index is 12.5. The summed E-state index contributed by atoms with van der Waals surface area (Å²) in [6.45, 7) is 5.82. The molecule has 0 fully saturated rings. The van der Waals surface area contributed by atoms with Crippen LogP contribution in [0.4, 0.5) is 0 Å². The zero-order valence-corrected chi connectivity index (χ0v) is 21.8. The summed E-state index contributed by atoms with van der Waals surface area (Å²) in [6.07, 6.45) is 0.219. The Labute approximate surface area is 189 Å². The summed E-state index contributed by atoms with van der Waals surface area (Å²) in [5.74, 6) is -0.873. The van der Waals surface area contributed by atoms with Crippen LogP contribution < -0.4 is 0 Å². The summed E-state index contributed by atoms with van der Waals surface area (Å²) < 4.78 is 98.4. The van der Waals surface area contributed by atoms with Gasteiger partial charge in [-0.2, -0.15) is 16.8 Å². The largest absolute Gasteiger partial charge is 0.304 e. The minimum atomic E-state index is -4.18. The lowest BCUT2D eigenvalue weighted by Crippen LogP contribution is -2.37. The summed E-state index contributed by atoms with van der Waals surface area (Å²) in [6, 6.07) is 0. The van der Waals surface area contributed by atoms with Crippen LogP contribution in [0.15, 0.2) is 0 Å². The van der Waals surface area contributed by atoms with Crippen molar-refractivity contribution in [2.75, 3.05) is 62.8 Å². The van der Waals surface area contributed by atoms with E-state index in [0.29, 0.717) is 12.3 Å². The van der Waals surface area contributed by atoms with Crippen molar-refractivity contribution in [1.29, 1.82) is 0 Å². The number of rotatable bonds is 17. The maximum absolute atomic E-state index is 12.5. The molecule has 15 heteroatoms. The fourth-order valence-corrected chi connectivity index (χ4v) is 5.82. The highest BCUT2D eigenvalue weighted by Gasteiger charge is 2.23. The molecule has 11 nitrogen and oxygen atoms in total. The number of hydrogen-bond donors (Lipinski definition) is 2. The molecule has 0 rings (SSSR count). The predicted molar refractivity (Wildman–Crippen MR) is 123 cm³/mol. The lowest BCUT2D eigenvalue weighted by molar-refractivity contribution is 0.298. The zero-order chi connectivity index (χ0) is 24.5. The van der Waals surface area contributed by atoms with Crippen LogP contribution in [0.2, 0.25) is 0 Å². The summed E-state index contributed by atoms with van der Waals surface area (Å²) in [4.78, 5) is 3.18. The third-order valence-electron chi connectivity index (χ3n) is 4.75. The van der Waals surface area contributed by atoms with Gasteiger partial charge in [0, 0.05) is 48.0 Å². The standard InChI is InChI=1S/C16H36N2O9S4/c1-15(2)28(19)11-7-18(10-14-31(25,26)27)6-5-16(3)29(20,21)12-8-17(4)9-13-30(22,23)24/h15-16H,5-14H2,1-4H3,(H,22,23,24)(H,25,26,27). The Kier molecular flexibility index (Phi) is 13.5. The molecule has 0 aromatic rings. The van der Waals surface area contributed by atoms with E-state index in [1.54, 1.807) is 32.7 Å². The summed E-state index contributed by atoms with van der Waals surface area (Å²) in [5, 5.41) is -0.785. The highest BCUT2D eigenvalue weighted by molar-refractivity contribution is 7.92. The molecule has 31 heavy (non-hydrogen) atoms. The van der Waals surface area contributed by atoms with Gasteiger partial charge in [-0.05, 0) is 26.9 Å². The highest BCUT2D eigenvalue weighted by atomic mass is 32.2. The Balaban J connectivity index is 4.79. The second-order valence-electron chi connectivity index (χ2n) is 7.82. The summed E-state index contributed by atoms with van der Waals surface area (Å²) in [7, 11) is -11.3. The van der Waals surface area contributed by atoms with Gasteiger partial charge in [-0.25, -0.2) is 8.42 Å². The lowest BCUT2D eigenvalue weighted by Gasteiger charge is -2.24. The van der Waals surface area contributed by atoms with Crippen LogP contribution in [0.3, 0.4) is 0 Å². The summed E-state index contributed by atoms with van der Waals surface area (Å²) >= 11 is 0. The predicted octanol–water partition coefficient (Wildman–Crippen LogP) is -0.654. The van der Waals surface area contributed by atoms with Crippen LogP contribution in [0.1, 0.15) is 27.2 Å². The monoisotopic (exact) mass is 528 g/mol. The van der Waals surface area contributed by atoms with Crippen LogP contribution in [0.5, 0.6) is 0 Å². The third kappa shape index (κ3) is 16.2. The number of sulfone groups is 1. The van der Waals surface area contributed by atoms with Crippen LogP contribution in [-0.2, 0) is 40.9 Å². The van der Waals surface area contributed by atoms with Crippen LogP contribution in [0, 0.1) is 0 Å². The quantitative estimate of drug-likeness (QED) is 0.230. The number of nitrogens with zero attached hydrogens (tertiary/aromatic N) is 2. The Morgan fingerprint density at radius 2 is 1.26 bits per heavy atom. The Morgan fingerprint density at radius 1 is 0.774 bits per heavy atom. The molecule has 0 saturated heterocycles. The van der Waals surface area contributed by atoms with Gasteiger partial charge in [-0.3, -0.25) is 13.3 Å². The average Bonchev–Trinajstić information content (AvgIpc) is 2.61. The van der Waals surface area contributed by atoms with Crippen LogP contribution in [-0.4, -0.2) is 122 Å². The van der Waals surface area contributed by atoms with E-state index in [2.05, 4.69) is 0 Å². The van der Waals surface area contributed by atoms with Gasteiger partial charge in [-0.1, -0.05) is 13.8 Å². The maximum Gasteiger partial charge on any atom is 0.266 e. The Bertz CT molecular complexity index is 871. The molecule has 0 radical (unpaired) electrons. The molecule has 0 aliphatic carbocycles. The van der Waals surface area contributed by atoms with E-state index >= 15 is 0 Å². The molecule has 0 bridgehead atoms. The van der Waals surface area contributed by atoms with Gasteiger partial charge in [0.1, 0.15) is 0 Å². The van der Waals surface area contributed by atoms with Crippen molar-refractivity contribution in [3.8, 4) is 0 Å². The first-order valence-electron chi connectivity index (χ1n) is 9.83. The molecule has 188 valence electrons. The molecule has 0 spiro atoms. The zero-order valence-electron chi connectivity index (χ0n) is 18.5. The fraction of sp³-hybridized carbons (Fsp3) is 1.00. The molecule has 0 aliphatic heterocycles. The van der Waals surface area contributed by atoms with Crippen LogP contribution >= 0.6 is 0 Å². The fourth-order valence-electron chi connectivity index (χ4n) is 2.45. The topological polar surface area (TPSA) is 166 Å². The van der Waals surface area contributed by atoms with Crippen molar-refractivity contribution in [3.63, 3.8) is 0 Å². The lowest BCUT2D eigenvalue weighted by atomic mass is 10.3. The van der Waals surface area contributed by atoms with E-state index in [1.807, 2.05) is 0 Å². The van der Waals surface area contributed by atoms with Gasteiger partial charge in [0.2, 0.25) is 0 Å². The third-order valence-corrected chi connectivity index (χ3v) is 10.0. The molecule has 0 aliphatic rings. The normalized spacial score (nSPS) is 15.6. The second-order valence-corrected chi connectivity index (χ2v) is 15.6. The SMILES string of the molecule is CC(C)S(=O)CCN(CCC(C)S(=O)(=O)CCN(C)CCS(=O)(=O)O)CCS(=O)(=O)O. The van der Waals surface area contributed by atoms with Crippen molar-refractivity contribution in [2.24, 2.45) is 0 Å². The molecule has 2 atom stereocenters. The van der Waals surface area contributed by atoms with E-state index in [9.17, 15) is 29.5 Å². The first-order valence-corrected chi connectivity index (χ1v) is 16.1. The van der Waals surface area contributed by atoms with E-state index < -0.39 is 57.6 Å². The Hall–Kier alpha value is -0.160. The molecular formula is C16H36N2O9S4. The second kappa shape index (κ2) is 13.5. The Morgan fingerprint density at radius 3 is 1.74 bits per heavy atom. The van der Waals surface area contributed by atoms with Gasteiger partial charge in [0.25, 0.3) is 20.2 Å². The van der Waals surface area contributed by atoms with Gasteiger partial charge in [-0.15, -0.1) is 0 Å². The molecule has 0 saturated carbocycles. The van der Waals surface area contributed by atoms with Gasteiger partial charge in [0.05, 0.1) is 22.5 Å². The van der Waals surface area contributed by atoms with Crippen molar-refractivity contribution in [3.05, 3.63) is 0 Å². The van der Waals surface area contributed by atoms with Crippen molar-refractivity contribution in [1.82, 2.24) is 9.80 Å². The van der Waals surface area contributed by atoms with Crippen LogP contribution in [0.25, 0.3) is 0 Å². The van der Waals surface area contributed by atoms with Gasteiger partial charge >= 0.3 is 0 Å². The first kappa shape index (κ1) is 30.8. The van der Waals surface area contributed by atoms with Gasteiger partial charge in [0.15, 0.2) is 9.84 Å². The molecule has 0 heterocycles. The summed E-state index contributed by atoms with van der Waals surface area (Å²) in [5.41, 5.74) is 0. The minimum Gasteiger partial charge on any atom is -0.304 e. The van der Waals surface area contributed by atoms with Crippen molar-refractivity contribution >= 4 is 40.9 Å². The van der Waals surface area contributed by atoms with Gasteiger partial charge < -0.3 is 9.80 Å². The minimum absolute atomic E-state index is 0.000727. The van der Waals surface area contributed by atoms with E-state index in [4.69, 9.17) is 9.11 Å². The molecular weight excluding hydrogens is 492 g/mol. The smallest absolute Gasteiger partial charge is 0.266 e. The van der Waals surface area contributed by atoms with Crippen molar-refractivity contribution in [2.45, 2.75) is 37.7 Å². The van der Waals surface area contributed by atoms with E-state index in [0.717, 1.165) is 0 Å². The van der Waals surface area contributed by atoms with E-state index in [-0.39, 0.29) is 43.6 Å². The van der Waals surface area contributed by atoms with Crippen molar-refractivity contribution < 1.29 is 38.6 Å². The molecule has 2 N–H and O–H groups in total. The molecule has 0 aromatic carbocycles.